The Labute approximate surface area is 159 Å². The fraction of sp³-hybridized carbons (Fsp3) is 0.474. The Balaban J connectivity index is 1.60. The van der Waals surface area contributed by atoms with Crippen molar-refractivity contribution in [3.63, 3.8) is 0 Å². The number of hydrogen-bond donors (Lipinski definition) is 2. The fourth-order valence-electron chi connectivity index (χ4n) is 2.98. The van der Waals surface area contributed by atoms with E-state index in [1.807, 2.05) is 54.6 Å². The molecule has 1 aliphatic rings. The maximum absolute atomic E-state index is 11.8. The average molecular weight is 369 g/mol. The third-order valence-electron chi connectivity index (χ3n) is 4.68. The first kappa shape index (κ1) is 18.9. The molecule has 8 heteroatoms. The smallest absolute Gasteiger partial charge is 0.227 e. The quantitative estimate of drug-likeness (QED) is 0.595. The second-order valence-corrected chi connectivity index (χ2v) is 6.59. The molecule has 1 aliphatic heterocycles. The normalized spacial score (nSPS) is 14.7. The van der Waals surface area contributed by atoms with E-state index in [1.54, 1.807) is 0 Å². The number of anilines is 1. The van der Waals surface area contributed by atoms with Crippen molar-refractivity contribution in [2.24, 2.45) is 12.0 Å². The van der Waals surface area contributed by atoms with Gasteiger partial charge in [0.05, 0.1) is 13.1 Å². The number of carbonyl (C=O) groups is 1. The van der Waals surface area contributed by atoms with Gasteiger partial charge in [-0.15, -0.1) is 10.2 Å². The molecule has 1 aromatic carbocycles. The first-order valence-corrected chi connectivity index (χ1v) is 9.35. The fourth-order valence-corrected chi connectivity index (χ4v) is 2.98. The molecular formula is C19H27N7O. The maximum atomic E-state index is 11.8. The Hall–Kier alpha value is -2.90. The summed E-state index contributed by atoms with van der Waals surface area (Å²) in [5.41, 5.74) is 2.06. The molecule has 1 saturated heterocycles. The van der Waals surface area contributed by atoms with Gasteiger partial charge in [-0.1, -0.05) is 12.1 Å². The number of carbonyl (C=O) groups excluding carboxylic acids is 1. The van der Waals surface area contributed by atoms with Crippen LogP contribution in [0.2, 0.25) is 0 Å². The van der Waals surface area contributed by atoms with E-state index < -0.39 is 0 Å². The molecule has 8 nitrogen and oxygen atoms in total. The van der Waals surface area contributed by atoms with Gasteiger partial charge in [0.1, 0.15) is 5.82 Å². The summed E-state index contributed by atoms with van der Waals surface area (Å²) in [6.45, 7) is 6.66. The second kappa shape index (κ2) is 8.66. The summed E-state index contributed by atoms with van der Waals surface area (Å²) in [4.78, 5) is 18.3. The summed E-state index contributed by atoms with van der Waals surface area (Å²) < 4.78 is 1.95. The average Bonchev–Trinajstić information content (AvgIpc) is 3.24. The zero-order valence-electron chi connectivity index (χ0n) is 16.2. The number of amides is 1. The van der Waals surface area contributed by atoms with E-state index in [4.69, 9.17) is 0 Å². The van der Waals surface area contributed by atoms with E-state index in [0.29, 0.717) is 19.5 Å². The van der Waals surface area contributed by atoms with Gasteiger partial charge in [0.2, 0.25) is 5.91 Å². The molecule has 0 bridgehead atoms. The zero-order chi connectivity index (χ0) is 19.2. The predicted octanol–water partition coefficient (Wildman–Crippen LogP) is 1.51. The van der Waals surface area contributed by atoms with Gasteiger partial charge in [0.15, 0.2) is 11.8 Å². The monoisotopic (exact) mass is 369 g/mol. The highest BCUT2D eigenvalue weighted by Crippen LogP contribution is 2.21. The highest BCUT2D eigenvalue weighted by atomic mass is 16.2. The third kappa shape index (κ3) is 4.64. The first-order chi connectivity index (χ1) is 13.1. The van der Waals surface area contributed by atoms with Crippen LogP contribution in [-0.2, 0) is 24.9 Å². The molecule has 0 saturated carbocycles. The lowest BCUT2D eigenvalue weighted by Crippen LogP contribution is -2.37. The predicted molar refractivity (Wildman–Crippen MR) is 105 cm³/mol. The molecule has 2 aromatic rings. The summed E-state index contributed by atoms with van der Waals surface area (Å²) in [6, 6.07) is 8.05. The van der Waals surface area contributed by atoms with Crippen LogP contribution >= 0.6 is 0 Å². The largest absolute Gasteiger partial charge is 0.357 e. The molecule has 1 fully saturated rings. The number of aliphatic imine (C=N–C) groups is 1. The molecule has 1 aromatic heterocycles. The highest BCUT2D eigenvalue weighted by molar-refractivity contribution is 5.95. The zero-order valence-corrected chi connectivity index (χ0v) is 16.2. The van der Waals surface area contributed by atoms with Crippen LogP contribution in [0.4, 0.5) is 5.69 Å². The second-order valence-electron chi connectivity index (χ2n) is 6.59. The van der Waals surface area contributed by atoms with Crippen LogP contribution in [0.3, 0.4) is 0 Å². The Bertz CT molecular complexity index is 810. The lowest BCUT2D eigenvalue weighted by molar-refractivity contribution is -0.117. The van der Waals surface area contributed by atoms with E-state index in [-0.39, 0.29) is 5.91 Å². The van der Waals surface area contributed by atoms with E-state index in [0.717, 1.165) is 48.4 Å². The molecule has 2 heterocycles. The lowest BCUT2D eigenvalue weighted by atomic mass is 10.2. The number of nitrogens with one attached hydrogen (secondary N) is 2. The maximum Gasteiger partial charge on any atom is 0.227 e. The first-order valence-electron chi connectivity index (χ1n) is 9.35. The lowest BCUT2D eigenvalue weighted by Gasteiger charge is -2.16. The number of guanidine groups is 1. The van der Waals surface area contributed by atoms with E-state index in [9.17, 15) is 4.79 Å². The van der Waals surface area contributed by atoms with Crippen molar-refractivity contribution in [2.75, 3.05) is 18.0 Å². The standard InChI is InChI=1S/C19H27N7O/c1-4-20-19(22-13-17-24-23-14(2)25(17)3)21-12-15-7-9-16(10-8-15)26-11-5-6-18(26)27/h7-10H,4-6,11-13H2,1-3H3,(H2,20,21,22). The Morgan fingerprint density at radius 2 is 2.00 bits per heavy atom. The summed E-state index contributed by atoms with van der Waals surface area (Å²) in [7, 11) is 1.95. The van der Waals surface area contributed by atoms with Gasteiger partial charge < -0.3 is 20.1 Å². The number of aryl methyl sites for hydroxylation is 1. The van der Waals surface area contributed by atoms with Crippen LogP contribution < -0.4 is 15.5 Å². The Kier molecular flexibility index (Phi) is 6.05. The van der Waals surface area contributed by atoms with Crippen LogP contribution in [0.5, 0.6) is 0 Å². The summed E-state index contributed by atoms with van der Waals surface area (Å²) in [6.07, 6.45) is 1.59. The van der Waals surface area contributed by atoms with Crippen molar-refractivity contribution in [3.05, 3.63) is 41.5 Å². The van der Waals surface area contributed by atoms with Crippen LogP contribution in [0.15, 0.2) is 29.3 Å². The van der Waals surface area contributed by atoms with E-state index in [2.05, 4.69) is 25.8 Å². The molecule has 1 amide bonds. The van der Waals surface area contributed by atoms with Gasteiger partial charge in [-0.3, -0.25) is 4.79 Å². The van der Waals surface area contributed by atoms with Crippen molar-refractivity contribution < 1.29 is 4.79 Å². The third-order valence-corrected chi connectivity index (χ3v) is 4.68. The molecule has 2 N–H and O–H groups in total. The molecular weight excluding hydrogens is 342 g/mol. The molecule has 0 spiro atoms. The van der Waals surface area contributed by atoms with Crippen molar-refractivity contribution in [2.45, 2.75) is 39.8 Å². The van der Waals surface area contributed by atoms with Crippen LogP contribution in [0, 0.1) is 6.92 Å². The Morgan fingerprint density at radius 3 is 2.59 bits per heavy atom. The molecule has 27 heavy (non-hydrogen) atoms. The van der Waals surface area contributed by atoms with Crippen LogP contribution in [-0.4, -0.2) is 39.7 Å². The number of rotatable bonds is 6. The number of aromatic nitrogens is 3. The van der Waals surface area contributed by atoms with E-state index in [1.165, 1.54) is 0 Å². The summed E-state index contributed by atoms with van der Waals surface area (Å²) in [5.74, 6) is 2.68. The van der Waals surface area contributed by atoms with Crippen LogP contribution in [0.25, 0.3) is 0 Å². The summed E-state index contributed by atoms with van der Waals surface area (Å²) >= 11 is 0. The minimum atomic E-state index is 0.207. The molecule has 0 unspecified atom stereocenters. The summed E-state index contributed by atoms with van der Waals surface area (Å²) in [5, 5.41) is 14.7. The topological polar surface area (TPSA) is 87.4 Å². The van der Waals surface area contributed by atoms with Gasteiger partial charge in [-0.05, 0) is 38.0 Å². The molecule has 0 radical (unpaired) electrons. The highest BCUT2D eigenvalue weighted by Gasteiger charge is 2.21. The van der Waals surface area contributed by atoms with Crippen LogP contribution in [0.1, 0.15) is 37.0 Å². The van der Waals surface area contributed by atoms with Gasteiger partial charge in [-0.2, -0.15) is 0 Å². The molecule has 0 atom stereocenters. The minimum Gasteiger partial charge on any atom is -0.357 e. The van der Waals surface area contributed by atoms with Crippen molar-refractivity contribution in [1.29, 1.82) is 0 Å². The number of nitrogens with zero attached hydrogens (tertiary/aromatic N) is 5. The van der Waals surface area contributed by atoms with E-state index >= 15 is 0 Å². The minimum absolute atomic E-state index is 0.207. The van der Waals surface area contributed by atoms with Crippen molar-refractivity contribution >= 4 is 17.6 Å². The van der Waals surface area contributed by atoms with Gasteiger partial charge in [0, 0.05) is 32.2 Å². The van der Waals surface area contributed by atoms with Gasteiger partial charge >= 0.3 is 0 Å². The van der Waals surface area contributed by atoms with Gasteiger partial charge in [0.25, 0.3) is 0 Å². The molecule has 144 valence electrons. The number of hydrogen-bond acceptors (Lipinski definition) is 4. The van der Waals surface area contributed by atoms with Crippen molar-refractivity contribution in [1.82, 2.24) is 25.4 Å². The molecule has 0 aliphatic carbocycles. The molecule has 3 rings (SSSR count). The van der Waals surface area contributed by atoms with Gasteiger partial charge in [-0.25, -0.2) is 4.99 Å². The SMILES string of the molecule is CCNC(=NCc1ccc(N2CCCC2=O)cc1)NCc1nnc(C)n1C. The number of benzene rings is 1. The Morgan fingerprint density at radius 1 is 1.22 bits per heavy atom. The van der Waals surface area contributed by atoms with Crippen molar-refractivity contribution in [3.8, 4) is 0 Å².